The average molecular weight is 318 g/mol. The maximum atomic E-state index is 5.46. The van der Waals surface area contributed by atoms with Gasteiger partial charge in [0, 0.05) is 25.3 Å². The van der Waals surface area contributed by atoms with E-state index in [0.717, 1.165) is 42.1 Å². The van der Waals surface area contributed by atoms with Crippen LogP contribution in [0.15, 0.2) is 40.6 Å². The lowest BCUT2D eigenvalue weighted by atomic mass is 9.97. The Balaban J connectivity index is 1.66. The van der Waals surface area contributed by atoms with E-state index in [1.54, 1.807) is 18.0 Å². The Bertz CT molecular complexity index is 608. The first kappa shape index (κ1) is 15.4. The van der Waals surface area contributed by atoms with Gasteiger partial charge in [-0.2, -0.15) is 0 Å². The molecule has 118 valence electrons. The molecule has 3 rings (SSSR count). The Morgan fingerprint density at radius 3 is 3.18 bits per heavy atom. The van der Waals surface area contributed by atoms with Crippen LogP contribution in [-0.4, -0.2) is 38.5 Å². The summed E-state index contributed by atoms with van der Waals surface area (Å²) in [6.45, 7) is 6.76. The minimum Gasteiger partial charge on any atom is -0.468 e. The van der Waals surface area contributed by atoms with E-state index >= 15 is 0 Å². The van der Waals surface area contributed by atoms with E-state index in [2.05, 4.69) is 33.3 Å². The molecule has 2 aromatic heterocycles. The van der Waals surface area contributed by atoms with Crippen molar-refractivity contribution in [3.8, 4) is 0 Å². The second-order valence-electron chi connectivity index (χ2n) is 5.65. The smallest absolute Gasteiger partial charge is 0.191 e. The fourth-order valence-corrected chi connectivity index (χ4v) is 3.63. The SMILES string of the molecule is C=CCSc1nnc([C@@H]2CCCN(Cc3ccco3)C2)n1C. The van der Waals surface area contributed by atoms with E-state index in [1.807, 2.05) is 18.2 Å². The third kappa shape index (κ3) is 3.44. The van der Waals surface area contributed by atoms with Crippen molar-refractivity contribution < 1.29 is 4.42 Å². The summed E-state index contributed by atoms with van der Waals surface area (Å²) in [5.41, 5.74) is 0. The van der Waals surface area contributed by atoms with Crippen LogP contribution in [0.4, 0.5) is 0 Å². The van der Waals surface area contributed by atoms with E-state index in [4.69, 9.17) is 4.42 Å². The maximum Gasteiger partial charge on any atom is 0.191 e. The van der Waals surface area contributed by atoms with Gasteiger partial charge in [0.05, 0.1) is 12.8 Å². The van der Waals surface area contributed by atoms with E-state index in [9.17, 15) is 0 Å². The zero-order valence-corrected chi connectivity index (χ0v) is 13.8. The lowest BCUT2D eigenvalue weighted by Gasteiger charge is -2.31. The maximum absolute atomic E-state index is 5.46. The predicted octanol–water partition coefficient (Wildman–Crippen LogP) is 3.07. The molecule has 6 heteroatoms. The first-order valence-corrected chi connectivity index (χ1v) is 8.64. The standard InChI is InChI=1S/C16H22N4OS/c1-3-10-22-16-18-17-15(19(16)2)13-6-4-8-20(11-13)12-14-7-5-9-21-14/h3,5,7,9,13H,1,4,6,8,10-12H2,2H3/t13-/m1/s1. The third-order valence-corrected chi connectivity index (χ3v) is 5.05. The van der Waals surface area contributed by atoms with Crippen molar-refractivity contribution in [2.75, 3.05) is 18.8 Å². The lowest BCUT2D eigenvalue weighted by molar-refractivity contribution is 0.182. The van der Waals surface area contributed by atoms with Crippen molar-refractivity contribution in [2.24, 2.45) is 7.05 Å². The van der Waals surface area contributed by atoms with Gasteiger partial charge in [-0.3, -0.25) is 4.90 Å². The first-order chi connectivity index (χ1) is 10.8. The average Bonchev–Trinajstić information content (AvgIpc) is 3.15. The summed E-state index contributed by atoms with van der Waals surface area (Å²) in [5, 5.41) is 9.72. The molecule has 0 unspecified atom stereocenters. The minimum absolute atomic E-state index is 0.444. The Morgan fingerprint density at radius 2 is 2.41 bits per heavy atom. The highest BCUT2D eigenvalue weighted by molar-refractivity contribution is 7.99. The molecule has 0 bridgehead atoms. The van der Waals surface area contributed by atoms with E-state index in [0.29, 0.717) is 5.92 Å². The molecule has 2 aromatic rings. The molecule has 0 saturated carbocycles. The molecule has 1 saturated heterocycles. The van der Waals surface area contributed by atoms with Crippen LogP contribution in [0.25, 0.3) is 0 Å². The minimum atomic E-state index is 0.444. The molecule has 0 amide bonds. The van der Waals surface area contributed by atoms with Crippen molar-refractivity contribution in [1.29, 1.82) is 0 Å². The molecule has 3 heterocycles. The molecule has 5 nitrogen and oxygen atoms in total. The number of hydrogen-bond acceptors (Lipinski definition) is 5. The van der Waals surface area contributed by atoms with Gasteiger partial charge in [0.2, 0.25) is 0 Å². The van der Waals surface area contributed by atoms with Crippen LogP contribution in [0.3, 0.4) is 0 Å². The first-order valence-electron chi connectivity index (χ1n) is 7.65. The second kappa shape index (κ2) is 7.15. The van der Waals surface area contributed by atoms with Crippen LogP contribution in [0.2, 0.25) is 0 Å². The molecule has 0 aromatic carbocycles. The summed E-state index contributed by atoms with van der Waals surface area (Å²) in [5.74, 6) is 3.43. The zero-order valence-electron chi connectivity index (χ0n) is 12.9. The van der Waals surface area contributed by atoms with E-state index in [1.165, 1.54) is 12.8 Å². The molecule has 1 atom stereocenters. The highest BCUT2D eigenvalue weighted by Gasteiger charge is 2.26. The predicted molar refractivity (Wildman–Crippen MR) is 87.9 cm³/mol. The summed E-state index contributed by atoms with van der Waals surface area (Å²) in [6.07, 6.45) is 5.99. The molecule has 22 heavy (non-hydrogen) atoms. The molecule has 1 fully saturated rings. The largest absolute Gasteiger partial charge is 0.468 e. The fraction of sp³-hybridized carbons (Fsp3) is 0.500. The molecule has 0 spiro atoms. The van der Waals surface area contributed by atoms with Crippen molar-refractivity contribution in [3.05, 3.63) is 42.6 Å². The van der Waals surface area contributed by atoms with Gasteiger partial charge in [-0.1, -0.05) is 17.8 Å². The molecular formula is C16H22N4OS. The molecule has 0 N–H and O–H groups in total. The van der Waals surface area contributed by atoms with Crippen LogP contribution in [0.5, 0.6) is 0 Å². The van der Waals surface area contributed by atoms with Gasteiger partial charge < -0.3 is 8.98 Å². The van der Waals surface area contributed by atoms with Crippen LogP contribution < -0.4 is 0 Å². The van der Waals surface area contributed by atoms with Crippen molar-refractivity contribution in [1.82, 2.24) is 19.7 Å². The number of rotatable bonds is 6. The highest BCUT2D eigenvalue weighted by atomic mass is 32.2. The lowest BCUT2D eigenvalue weighted by Crippen LogP contribution is -2.34. The monoisotopic (exact) mass is 318 g/mol. The summed E-state index contributed by atoms with van der Waals surface area (Å²) in [4.78, 5) is 2.44. The van der Waals surface area contributed by atoms with Gasteiger partial charge in [-0.05, 0) is 31.5 Å². The van der Waals surface area contributed by atoms with Gasteiger partial charge >= 0.3 is 0 Å². The van der Waals surface area contributed by atoms with Crippen molar-refractivity contribution in [3.63, 3.8) is 0 Å². The Labute approximate surface area is 135 Å². The van der Waals surface area contributed by atoms with Crippen LogP contribution in [0.1, 0.15) is 30.3 Å². The third-order valence-electron chi connectivity index (χ3n) is 4.03. The van der Waals surface area contributed by atoms with Crippen molar-refractivity contribution >= 4 is 11.8 Å². The molecule has 1 aliphatic rings. The number of hydrogen-bond donors (Lipinski definition) is 0. The molecular weight excluding hydrogens is 296 g/mol. The zero-order chi connectivity index (χ0) is 15.4. The van der Waals surface area contributed by atoms with Crippen molar-refractivity contribution in [2.45, 2.75) is 30.5 Å². The number of likely N-dealkylation sites (tertiary alicyclic amines) is 1. The number of piperidine rings is 1. The van der Waals surface area contributed by atoms with Gasteiger partial charge in [0.1, 0.15) is 11.6 Å². The summed E-state index contributed by atoms with van der Waals surface area (Å²) in [6, 6.07) is 3.98. The van der Waals surface area contributed by atoms with Gasteiger partial charge in [-0.25, -0.2) is 0 Å². The number of aromatic nitrogens is 3. The Hall–Kier alpha value is -1.53. The van der Waals surface area contributed by atoms with Gasteiger partial charge in [0.15, 0.2) is 5.16 Å². The van der Waals surface area contributed by atoms with Crippen LogP contribution in [-0.2, 0) is 13.6 Å². The summed E-state index contributed by atoms with van der Waals surface area (Å²) < 4.78 is 7.60. The molecule has 0 aliphatic carbocycles. The van der Waals surface area contributed by atoms with Crippen LogP contribution in [0, 0.1) is 0 Å². The molecule has 1 aliphatic heterocycles. The van der Waals surface area contributed by atoms with Gasteiger partial charge in [-0.15, -0.1) is 16.8 Å². The quantitative estimate of drug-likeness (QED) is 0.605. The van der Waals surface area contributed by atoms with E-state index < -0.39 is 0 Å². The topological polar surface area (TPSA) is 47.1 Å². The normalized spacial score (nSPS) is 19.4. The Kier molecular flexibility index (Phi) is 5.00. The summed E-state index contributed by atoms with van der Waals surface area (Å²) in [7, 11) is 2.06. The Morgan fingerprint density at radius 1 is 1.50 bits per heavy atom. The second-order valence-corrected chi connectivity index (χ2v) is 6.64. The summed E-state index contributed by atoms with van der Waals surface area (Å²) >= 11 is 1.68. The number of furan rings is 1. The number of nitrogens with zero attached hydrogens (tertiary/aromatic N) is 4. The highest BCUT2D eigenvalue weighted by Crippen LogP contribution is 2.28. The molecule has 0 radical (unpaired) electrons. The number of thioether (sulfide) groups is 1. The van der Waals surface area contributed by atoms with Crippen LogP contribution >= 0.6 is 11.8 Å². The van der Waals surface area contributed by atoms with Gasteiger partial charge in [0.25, 0.3) is 0 Å². The van der Waals surface area contributed by atoms with E-state index in [-0.39, 0.29) is 0 Å². The fourth-order valence-electron chi connectivity index (χ4n) is 2.97.